The Bertz CT molecular complexity index is 456. The molecule has 78 valence electrons. The van der Waals surface area contributed by atoms with Crippen molar-refractivity contribution in [3.05, 3.63) is 34.6 Å². The van der Waals surface area contributed by atoms with Gasteiger partial charge in [0.2, 0.25) is 0 Å². The van der Waals surface area contributed by atoms with Gasteiger partial charge in [-0.15, -0.1) is 11.3 Å². The van der Waals surface area contributed by atoms with Crippen LogP contribution in [0.5, 0.6) is 0 Å². The van der Waals surface area contributed by atoms with Gasteiger partial charge in [-0.3, -0.25) is 0 Å². The molecule has 0 saturated heterocycles. The van der Waals surface area contributed by atoms with Crippen molar-refractivity contribution >= 4 is 35.6 Å². The summed E-state index contributed by atoms with van der Waals surface area (Å²) in [5.41, 5.74) is 0.929. The van der Waals surface area contributed by atoms with Crippen LogP contribution in [0.2, 0.25) is 4.34 Å². The topological polar surface area (TPSA) is 25.8 Å². The number of aromatic nitrogens is 2. The predicted octanol–water partition coefficient (Wildman–Crippen LogP) is 3.33. The number of hydrogen-bond acceptors (Lipinski definition) is 4. The van der Waals surface area contributed by atoms with Crippen LogP contribution >= 0.6 is 35.6 Å². The predicted molar refractivity (Wildman–Crippen MR) is 67.9 cm³/mol. The monoisotopic (exact) mass is 256 g/mol. The van der Waals surface area contributed by atoms with E-state index in [1.165, 1.54) is 11.3 Å². The first-order chi connectivity index (χ1) is 7.29. The highest BCUT2D eigenvalue weighted by atomic mass is 35.5. The van der Waals surface area contributed by atoms with Gasteiger partial charge in [-0.25, -0.2) is 9.97 Å². The molecule has 0 aliphatic heterocycles. The lowest BCUT2D eigenvalue weighted by Crippen LogP contribution is -1.96. The van der Waals surface area contributed by atoms with E-state index in [0.717, 1.165) is 32.9 Å². The van der Waals surface area contributed by atoms with Crippen molar-refractivity contribution in [2.24, 2.45) is 0 Å². The molecular weight excluding hydrogens is 248 g/mol. The first-order valence-corrected chi connectivity index (χ1v) is 6.31. The second-order valence-electron chi connectivity index (χ2n) is 2.94. The molecule has 0 N–H and O–H groups in total. The van der Waals surface area contributed by atoms with Gasteiger partial charge in [-0.05, 0) is 24.0 Å². The number of nitrogens with zero attached hydrogens (tertiary/aromatic N) is 2. The van der Waals surface area contributed by atoms with Gasteiger partial charge in [0.15, 0.2) is 0 Å². The van der Waals surface area contributed by atoms with Crippen LogP contribution in [-0.4, -0.2) is 15.7 Å². The van der Waals surface area contributed by atoms with Crippen LogP contribution in [0.25, 0.3) is 10.6 Å². The fraction of sp³-hybridized carbons (Fsp3) is 0.200. The van der Waals surface area contributed by atoms with Crippen LogP contribution < -0.4 is 0 Å². The van der Waals surface area contributed by atoms with Crippen molar-refractivity contribution in [1.29, 1.82) is 0 Å². The highest BCUT2D eigenvalue weighted by Gasteiger charge is 2.04. The molecule has 0 amide bonds. The van der Waals surface area contributed by atoms with E-state index in [0.29, 0.717) is 0 Å². The smallest absolute Gasteiger partial charge is 0.129 e. The highest BCUT2D eigenvalue weighted by molar-refractivity contribution is 7.80. The molecule has 0 saturated carbocycles. The lowest BCUT2D eigenvalue weighted by molar-refractivity contribution is 0.954. The summed E-state index contributed by atoms with van der Waals surface area (Å²) in [5, 5.41) is 0. The fourth-order valence-electron chi connectivity index (χ4n) is 1.21. The average Bonchev–Trinajstić information content (AvgIpc) is 2.66. The summed E-state index contributed by atoms with van der Waals surface area (Å²) >= 11 is 11.6. The molecule has 0 fully saturated rings. The largest absolute Gasteiger partial charge is 0.241 e. The third-order valence-corrected chi connectivity index (χ3v) is 3.34. The molecule has 2 nitrogen and oxygen atoms in total. The molecule has 0 bridgehead atoms. The summed E-state index contributed by atoms with van der Waals surface area (Å²) in [4.78, 5) is 9.68. The van der Waals surface area contributed by atoms with E-state index in [2.05, 4.69) is 22.6 Å². The maximum Gasteiger partial charge on any atom is 0.129 e. The standard InChI is InChI=1S/C10H9ClN2S2/c11-9-2-1-8(15-9)7-3-5-12-10(13-7)4-6-14/h1-3,5,14H,4,6H2. The summed E-state index contributed by atoms with van der Waals surface area (Å²) in [5.74, 6) is 1.58. The Kier molecular flexibility index (Phi) is 3.61. The first kappa shape index (κ1) is 10.9. The van der Waals surface area contributed by atoms with Crippen molar-refractivity contribution in [2.75, 3.05) is 5.75 Å². The van der Waals surface area contributed by atoms with E-state index in [9.17, 15) is 0 Å². The van der Waals surface area contributed by atoms with Gasteiger partial charge in [-0.2, -0.15) is 12.6 Å². The molecule has 0 aliphatic rings. The summed E-state index contributed by atoms with van der Waals surface area (Å²) in [6.45, 7) is 0. The van der Waals surface area contributed by atoms with Gasteiger partial charge in [-0.1, -0.05) is 11.6 Å². The first-order valence-electron chi connectivity index (χ1n) is 4.48. The number of aryl methyl sites for hydroxylation is 1. The van der Waals surface area contributed by atoms with Gasteiger partial charge >= 0.3 is 0 Å². The molecular formula is C10H9ClN2S2. The molecule has 2 aromatic rings. The van der Waals surface area contributed by atoms with Crippen LogP contribution in [0.15, 0.2) is 24.4 Å². The summed E-state index contributed by atoms with van der Waals surface area (Å²) in [6, 6.07) is 5.74. The normalized spacial score (nSPS) is 10.5. The SMILES string of the molecule is SCCc1nccc(-c2ccc(Cl)s2)n1. The van der Waals surface area contributed by atoms with Crippen LogP contribution in [0, 0.1) is 0 Å². The Morgan fingerprint density at radius 1 is 1.33 bits per heavy atom. The van der Waals surface area contributed by atoms with E-state index in [-0.39, 0.29) is 0 Å². The number of halogens is 1. The van der Waals surface area contributed by atoms with Crippen LogP contribution in [-0.2, 0) is 6.42 Å². The molecule has 5 heteroatoms. The van der Waals surface area contributed by atoms with Crippen LogP contribution in [0.4, 0.5) is 0 Å². The van der Waals surface area contributed by atoms with E-state index < -0.39 is 0 Å². The zero-order valence-electron chi connectivity index (χ0n) is 7.85. The van der Waals surface area contributed by atoms with E-state index in [1.807, 2.05) is 18.2 Å². The van der Waals surface area contributed by atoms with Gasteiger partial charge in [0.1, 0.15) is 5.82 Å². The molecule has 2 heterocycles. The van der Waals surface area contributed by atoms with Crippen LogP contribution in [0.3, 0.4) is 0 Å². The molecule has 0 spiro atoms. The van der Waals surface area contributed by atoms with Gasteiger partial charge in [0.25, 0.3) is 0 Å². The quantitative estimate of drug-likeness (QED) is 0.853. The van der Waals surface area contributed by atoms with Crippen molar-refractivity contribution in [1.82, 2.24) is 9.97 Å². The van der Waals surface area contributed by atoms with Gasteiger partial charge in [0.05, 0.1) is 14.9 Å². The third-order valence-electron chi connectivity index (χ3n) is 1.87. The lowest BCUT2D eigenvalue weighted by Gasteiger charge is -1.99. The third kappa shape index (κ3) is 2.71. The van der Waals surface area contributed by atoms with Gasteiger partial charge < -0.3 is 0 Å². The Morgan fingerprint density at radius 2 is 2.20 bits per heavy atom. The second kappa shape index (κ2) is 4.96. The molecule has 0 unspecified atom stereocenters. The Balaban J connectivity index is 2.32. The van der Waals surface area contributed by atoms with E-state index >= 15 is 0 Å². The zero-order chi connectivity index (χ0) is 10.7. The minimum Gasteiger partial charge on any atom is -0.241 e. The molecule has 2 aromatic heterocycles. The van der Waals surface area contributed by atoms with Crippen molar-refractivity contribution in [3.8, 4) is 10.6 Å². The van der Waals surface area contributed by atoms with Crippen molar-refractivity contribution < 1.29 is 0 Å². The second-order valence-corrected chi connectivity index (χ2v) is 5.10. The Labute approximate surface area is 103 Å². The Morgan fingerprint density at radius 3 is 2.87 bits per heavy atom. The fourth-order valence-corrected chi connectivity index (χ4v) is 2.42. The molecule has 0 radical (unpaired) electrons. The molecule has 15 heavy (non-hydrogen) atoms. The van der Waals surface area contributed by atoms with E-state index in [1.54, 1.807) is 6.20 Å². The lowest BCUT2D eigenvalue weighted by atomic mass is 10.3. The molecule has 0 aromatic carbocycles. The number of rotatable bonds is 3. The Hall–Kier alpha value is -0.580. The minimum atomic E-state index is 0.759. The summed E-state index contributed by atoms with van der Waals surface area (Å²) < 4.78 is 0.777. The number of thiophene rings is 1. The van der Waals surface area contributed by atoms with Crippen molar-refractivity contribution in [3.63, 3.8) is 0 Å². The maximum atomic E-state index is 5.87. The highest BCUT2D eigenvalue weighted by Crippen LogP contribution is 2.29. The van der Waals surface area contributed by atoms with Crippen molar-refractivity contribution in [2.45, 2.75) is 6.42 Å². The maximum absolute atomic E-state index is 5.87. The van der Waals surface area contributed by atoms with Crippen LogP contribution in [0.1, 0.15) is 5.82 Å². The molecule has 0 aliphatic carbocycles. The minimum absolute atomic E-state index is 0.759. The average molecular weight is 257 g/mol. The number of hydrogen-bond donors (Lipinski definition) is 1. The number of thiol groups is 1. The molecule has 0 atom stereocenters. The van der Waals surface area contributed by atoms with E-state index in [4.69, 9.17) is 11.6 Å². The van der Waals surface area contributed by atoms with Gasteiger partial charge in [0, 0.05) is 12.6 Å². The summed E-state index contributed by atoms with van der Waals surface area (Å²) in [6.07, 6.45) is 2.56. The zero-order valence-corrected chi connectivity index (χ0v) is 10.3. The molecule has 2 rings (SSSR count). The summed E-state index contributed by atoms with van der Waals surface area (Å²) in [7, 11) is 0.